The van der Waals surface area contributed by atoms with E-state index in [1.807, 2.05) is 34.1 Å². The molecule has 2 N–H and O–H groups in total. The van der Waals surface area contributed by atoms with Gasteiger partial charge in [-0.15, -0.1) is 0 Å². The number of esters is 2. The monoisotopic (exact) mass is 977 g/mol. The fourth-order valence-electron chi connectivity index (χ4n) is 7.72. The Morgan fingerprint density at radius 3 is 1.91 bits per heavy atom. The quantitative estimate of drug-likeness (QED) is 0.0246. The molecular weight excluding hydrogens is 897 g/mol. The van der Waals surface area contributed by atoms with Crippen LogP contribution < -0.4 is 10.1 Å². The Labute approximate surface area is 404 Å². The predicted molar refractivity (Wildman–Crippen MR) is 265 cm³/mol. The number of amides is 1. The van der Waals surface area contributed by atoms with Gasteiger partial charge in [-0.2, -0.15) is 0 Å². The van der Waals surface area contributed by atoms with Crippen molar-refractivity contribution in [3.8, 4) is 5.75 Å². The van der Waals surface area contributed by atoms with E-state index >= 15 is 0 Å². The first-order valence-corrected chi connectivity index (χ1v) is 26.4. The number of unbranched alkanes of at least 4 members (excludes halogenated alkanes) is 16. The highest BCUT2D eigenvalue weighted by Gasteiger charge is 2.27. The minimum absolute atomic E-state index is 0.0259. The van der Waals surface area contributed by atoms with Crippen molar-refractivity contribution in [1.82, 2.24) is 9.88 Å². The van der Waals surface area contributed by atoms with Gasteiger partial charge in [-0.25, -0.2) is 4.57 Å². The topological polar surface area (TPSA) is 169 Å². The van der Waals surface area contributed by atoms with E-state index in [0.29, 0.717) is 76.4 Å². The largest absolute Gasteiger partial charge is 0.497 e. The van der Waals surface area contributed by atoms with Crippen LogP contribution >= 0.6 is 19.4 Å². The standard InChI is InChI=1S/C51H79ClN3O11P/c1-7-8-9-10-11-12-13-14-15-16-17-18-19-20-22-25-49(57)63-38-44(39-65-67(60,61)64-35-34-55(3,4)5)66-50(58)26-23-21-24-33-53-48(56)37-45-40(2)54(47-32-31-43(62-6)36-46(45)47)51(59)41-27-29-42(52)30-28-41/h27-32,36,44H,7-26,33-35,37-39H2,1-6H3,(H-,53,56,60,61)/p+1/t44-/m1/s1. The summed E-state index contributed by atoms with van der Waals surface area (Å²) in [5, 5.41) is 4.21. The second kappa shape index (κ2) is 31.4. The number of carbonyl (C=O) groups is 4. The van der Waals surface area contributed by atoms with Crippen molar-refractivity contribution in [2.75, 3.05) is 61.2 Å². The molecule has 14 nitrogen and oxygen atoms in total. The van der Waals surface area contributed by atoms with Crippen molar-refractivity contribution in [2.24, 2.45) is 0 Å². The molecule has 0 aliphatic carbocycles. The molecule has 67 heavy (non-hydrogen) atoms. The Bertz CT molecular complexity index is 2000. The smallest absolute Gasteiger partial charge is 0.472 e. The van der Waals surface area contributed by atoms with Gasteiger partial charge in [-0.3, -0.25) is 32.8 Å². The van der Waals surface area contributed by atoms with E-state index in [0.717, 1.165) is 24.6 Å². The highest BCUT2D eigenvalue weighted by Crippen LogP contribution is 2.43. The molecular formula is C51H80ClN3O11P+. The van der Waals surface area contributed by atoms with Crippen LogP contribution in [0.5, 0.6) is 5.75 Å². The van der Waals surface area contributed by atoms with Gasteiger partial charge in [0.05, 0.1) is 46.8 Å². The van der Waals surface area contributed by atoms with Crippen LogP contribution in [0.15, 0.2) is 42.5 Å². The first-order valence-electron chi connectivity index (χ1n) is 24.6. The van der Waals surface area contributed by atoms with Crippen molar-refractivity contribution in [1.29, 1.82) is 0 Å². The molecule has 0 fully saturated rings. The number of fused-ring (bicyclic) bond motifs is 1. The normalized spacial score (nSPS) is 13.0. The summed E-state index contributed by atoms with van der Waals surface area (Å²) >= 11 is 6.06. The minimum atomic E-state index is -4.47. The van der Waals surface area contributed by atoms with E-state index < -0.39 is 32.5 Å². The summed E-state index contributed by atoms with van der Waals surface area (Å²) in [5.74, 6) is -0.875. The third-order valence-electron chi connectivity index (χ3n) is 11.7. The number of ether oxygens (including phenoxy) is 3. The molecule has 0 spiro atoms. The summed E-state index contributed by atoms with van der Waals surface area (Å²) in [6.07, 6.45) is 19.1. The number of hydrogen-bond donors (Lipinski definition) is 2. The molecule has 1 unspecified atom stereocenters. The lowest BCUT2D eigenvalue weighted by atomic mass is 10.0. The maximum atomic E-state index is 13.6. The molecule has 0 aliphatic heterocycles. The predicted octanol–water partition coefficient (Wildman–Crippen LogP) is 11.1. The molecule has 376 valence electrons. The number of phosphoric acid groups is 1. The van der Waals surface area contributed by atoms with E-state index in [2.05, 4.69) is 12.2 Å². The van der Waals surface area contributed by atoms with E-state index in [1.165, 1.54) is 70.6 Å². The first-order chi connectivity index (χ1) is 32.0. The van der Waals surface area contributed by atoms with Crippen molar-refractivity contribution >= 4 is 54.1 Å². The van der Waals surface area contributed by atoms with Crippen LogP contribution in [0.1, 0.15) is 157 Å². The molecule has 0 saturated heterocycles. The fourth-order valence-corrected chi connectivity index (χ4v) is 8.59. The van der Waals surface area contributed by atoms with Crippen LogP contribution in [0.25, 0.3) is 10.9 Å². The van der Waals surface area contributed by atoms with Gasteiger partial charge in [0.25, 0.3) is 5.91 Å². The van der Waals surface area contributed by atoms with Gasteiger partial charge in [0.15, 0.2) is 6.10 Å². The molecule has 1 aromatic heterocycles. The lowest BCUT2D eigenvalue weighted by Crippen LogP contribution is -2.37. The average molecular weight is 978 g/mol. The van der Waals surface area contributed by atoms with Crippen LogP contribution in [0.4, 0.5) is 0 Å². The van der Waals surface area contributed by atoms with Crippen LogP contribution in [0.3, 0.4) is 0 Å². The Morgan fingerprint density at radius 2 is 1.33 bits per heavy atom. The maximum absolute atomic E-state index is 13.6. The molecule has 1 amide bonds. The number of likely N-dealkylation sites (N-methyl/N-ethyl adjacent to an activating group) is 1. The molecule has 2 atom stereocenters. The SMILES string of the molecule is CCCCCCCCCCCCCCCCCC(=O)OC[C@H](COP(=O)(O)OCC[N+](C)(C)C)OC(=O)CCCCCNC(=O)Cc1c(C)n(C(=O)c2ccc(Cl)cc2)c2ccc(OC)cc12. The second-order valence-electron chi connectivity index (χ2n) is 18.5. The summed E-state index contributed by atoms with van der Waals surface area (Å²) in [5.41, 5.74) is 2.47. The second-order valence-corrected chi connectivity index (χ2v) is 20.4. The Balaban J connectivity index is 1.41. The first kappa shape index (κ1) is 57.5. The molecule has 0 saturated carbocycles. The zero-order chi connectivity index (χ0) is 49.1. The van der Waals surface area contributed by atoms with Crippen LogP contribution in [0.2, 0.25) is 5.02 Å². The molecule has 0 bridgehead atoms. The molecule has 2 aromatic carbocycles. The van der Waals surface area contributed by atoms with Crippen molar-refractivity contribution in [3.05, 3.63) is 64.3 Å². The maximum Gasteiger partial charge on any atom is 0.472 e. The van der Waals surface area contributed by atoms with Crippen LogP contribution in [-0.2, 0) is 43.9 Å². The van der Waals surface area contributed by atoms with E-state index in [1.54, 1.807) is 48.1 Å². The molecule has 16 heteroatoms. The van der Waals surface area contributed by atoms with Gasteiger partial charge in [0.1, 0.15) is 25.5 Å². The van der Waals surface area contributed by atoms with Crippen LogP contribution in [0, 0.1) is 6.92 Å². The van der Waals surface area contributed by atoms with Crippen molar-refractivity contribution < 1.29 is 56.4 Å². The summed E-state index contributed by atoms with van der Waals surface area (Å²) in [7, 11) is 2.84. The number of carbonyl (C=O) groups excluding carboxylic acids is 4. The molecule has 3 aromatic rings. The number of methoxy groups -OCH3 is 1. The number of rotatable bonds is 36. The summed E-state index contributed by atoms with van der Waals surface area (Å²) in [4.78, 5) is 62.7. The van der Waals surface area contributed by atoms with Gasteiger partial charge in [0.2, 0.25) is 5.91 Å². The Morgan fingerprint density at radius 1 is 0.761 bits per heavy atom. The highest BCUT2D eigenvalue weighted by molar-refractivity contribution is 7.47. The van der Waals surface area contributed by atoms with Gasteiger partial charge in [-0.05, 0) is 74.2 Å². The number of phosphoric ester groups is 1. The van der Waals surface area contributed by atoms with Crippen LogP contribution in [-0.4, -0.2) is 105 Å². The summed E-state index contributed by atoms with van der Waals surface area (Å²) in [6.45, 7) is 4.04. The lowest BCUT2D eigenvalue weighted by molar-refractivity contribution is -0.870. The van der Waals surface area contributed by atoms with Gasteiger partial charge < -0.3 is 28.9 Å². The number of nitrogens with zero attached hydrogens (tertiary/aromatic N) is 2. The van der Waals surface area contributed by atoms with E-state index in [-0.39, 0.29) is 44.3 Å². The molecule has 3 rings (SSSR count). The minimum Gasteiger partial charge on any atom is -0.497 e. The molecule has 0 radical (unpaired) electrons. The molecule has 0 aliphatic rings. The van der Waals surface area contributed by atoms with Gasteiger partial charge >= 0.3 is 19.8 Å². The number of nitrogens with one attached hydrogen (secondary N) is 1. The number of hydrogen-bond acceptors (Lipinski definition) is 10. The number of benzene rings is 2. The fraction of sp³-hybridized carbons (Fsp3) is 0.647. The van der Waals surface area contributed by atoms with Gasteiger partial charge in [0, 0.05) is 41.1 Å². The van der Waals surface area contributed by atoms with Gasteiger partial charge in [-0.1, -0.05) is 115 Å². The number of aromatic nitrogens is 1. The highest BCUT2D eigenvalue weighted by atomic mass is 35.5. The lowest BCUT2D eigenvalue weighted by Gasteiger charge is -2.24. The zero-order valence-electron chi connectivity index (χ0n) is 41.3. The zero-order valence-corrected chi connectivity index (χ0v) is 42.9. The van der Waals surface area contributed by atoms with Crippen molar-refractivity contribution in [2.45, 2.75) is 155 Å². The third-order valence-corrected chi connectivity index (χ3v) is 12.9. The number of halogens is 1. The van der Waals surface area contributed by atoms with E-state index in [9.17, 15) is 28.6 Å². The average Bonchev–Trinajstić information content (AvgIpc) is 3.55. The van der Waals surface area contributed by atoms with E-state index in [4.69, 9.17) is 34.9 Å². The molecule has 1 heterocycles. The Kier molecular flexibility index (Phi) is 26.9. The Hall–Kier alpha value is -3.78. The third kappa shape index (κ3) is 23.4. The number of quaternary nitrogens is 1. The summed E-state index contributed by atoms with van der Waals surface area (Å²) in [6, 6.07) is 12.1. The van der Waals surface area contributed by atoms with Crippen molar-refractivity contribution in [3.63, 3.8) is 0 Å². The summed E-state index contributed by atoms with van der Waals surface area (Å²) < 4.78 is 41.5.